The molecule has 1 aliphatic carbocycles. The van der Waals surface area contributed by atoms with Crippen LogP contribution in [0.4, 0.5) is 0 Å². The van der Waals surface area contributed by atoms with Crippen LogP contribution in [0.1, 0.15) is 46.0 Å². The van der Waals surface area contributed by atoms with Gasteiger partial charge in [0.05, 0.1) is 6.42 Å². The zero-order chi connectivity index (χ0) is 10.8. The summed E-state index contributed by atoms with van der Waals surface area (Å²) in [6.45, 7) is 4.46. The van der Waals surface area contributed by atoms with Crippen LogP contribution in [0.25, 0.3) is 0 Å². The van der Waals surface area contributed by atoms with Gasteiger partial charge in [0.15, 0.2) is 0 Å². The second-order valence-electron chi connectivity index (χ2n) is 5.01. The molecule has 3 heteroatoms. The Morgan fingerprint density at radius 1 is 1.50 bits per heavy atom. The summed E-state index contributed by atoms with van der Waals surface area (Å²) >= 11 is 0. The summed E-state index contributed by atoms with van der Waals surface area (Å²) in [7, 11) is 0. The van der Waals surface area contributed by atoms with Crippen molar-refractivity contribution in [1.82, 2.24) is 0 Å². The predicted molar refractivity (Wildman–Crippen MR) is 56.0 cm³/mol. The molecule has 0 atom stereocenters. The standard InChI is InChI=1S/C11H21NO2/c1-8(2)9-3-5-11(12,6-4-9)7-10(13)14/h8-9H,3-7,12H2,1-2H3,(H,13,14). The molecule has 82 valence electrons. The van der Waals surface area contributed by atoms with E-state index in [-0.39, 0.29) is 6.42 Å². The summed E-state index contributed by atoms with van der Waals surface area (Å²) < 4.78 is 0. The number of carboxylic acids is 1. The highest BCUT2D eigenvalue weighted by Gasteiger charge is 2.34. The van der Waals surface area contributed by atoms with Gasteiger partial charge >= 0.3 is 5.97 Å². The monoisotopic (exact) mass is 199 g/mol. The van der Waals surface area contributed by atoms with Gasteiger partial charge in [0.1, 0.15) is 0 Å². The van der Waals surface area contributed by atoms with Crippen molar-refractivity contribution >= 4 is 5.97 Å². The SMILES string of the molecule is CC(C)C1CCC(N)(CC(=O)O)CC1. The molecular formula is C11H21NO2. The van der Waals surface area contributed by atoms with Gasteiger partial charge in [-0.1, -0.05) is 13.8 Å². The molecule has 0 spiro atoms. The molecule has 3 N–H and O–H groups in total. The molecule has 0 radical (unpaired) electrons. The number of carboxylic acid groups (broad SMARTS) is 1. The van der Waals surface area contributed by atoms with Crippen LogP contribution in [0, 0.1) is 11.8 Å². The van der Waals surface area contributed by atoms with Crippen LogP contribution >= 0.6 is 0 Å². The largest absolute Gasteiger partial charge is 0.481 e. The minimum Gasteiger partial charge on any atom is -0.481 e. The molecule has 14 heavy (non-hydrogen) atoms. The van der Waals surface area contributed by atoms with Gasteiger partial charge in [-0.2, -0.15) is 0 Å². The lowest BCUT2D eigenvalue weighted by Gasteiger charge is -2.37. The zero-order valence-electron chi connectivity index (χ0n) is 9.12. The van der Waals surface area contributed by atoms with E-state index in [2.05, 4.69) is 13.8 Å². The number of rotatable bonds is 3. The van der Waals surface area contributed by atoms with Crippen molar-refractivity contribution in [1.29, 1.82) is 0 Å². The third-order valence-electron chi connectivity index (χ3n) is 3.47. The van der Waals surface area contributed by atoms with E-state index in [4.69, 9.17) is 10.8 Å². The Hall–Kier alpha value is -0.570. The molecule has 3 nitrogen and oxygen atoms in total. The van der Waals surface area contributed by atoms with Gasteiger partial charge in [0.2, 0.25) is 0 Å². The van der Waals surface area contributed by atoms with Gasteiger partial charge in [-0.25, -0.2) is 0 Å². The highest BCUT2D eigenvalue weighted by atomic mass is 16.4. The third kappa shape index (κ3) is 2.98. The lowest BCUT2D eigenvalue weighted by atomic mass is 9.72. The van der Waals surface area contributed by atoms with E-state index in [1.54, 1.807) is 0 Å². The van der Waals surface area contributed by atoms with Crippen molar-refractivity contribution in [2.75, 3.05) is 0 Å². The van der Waals surface area contributed by atoms with Crippen LogP contribution in [0.2, 0.25) is 0 Å². The molecule has 1 rings (SSSR count). The smallest absolute Gasteiger partial charge is 0.305 e. The molecular weight excluding hydrogens is 178 g/mol. The number of hydrogen-bond donors (Lipinski definition) is 2. The van der Waals surface area contributed by atoms with E-state index in [0.717, 1.165) is 31.6 Å². The zero-order valence-corrected chi connectivity index (χ0v) is 9.12. The van der Waals surface area contributed by atoms with E-state index in [1.807, 2.05) is 0 Å². The molecule has 0 aromatic rings. The van der Waals surface area contributed by atoms with Crippen LogP contribution in [-0.2, 0) is 4.79 Å². The maximum atomic E-state index is 10.6. The summed E-state index contributed by atoms with van der Waals surface area (Å²) in [5, 5.41) is 8.73. The van der Waals surface area contributed by atoms with Crippen molar-refractivity contribution in [2.45, 2.75) is 51.5 Å². The van der Waals surface area contributed by atoms with Gasteiger partial charge in [0, 0.05) is 5.54 Å². The van der Waals surface area contributed by atoms with Gasteiger partial charge in [-0.3, -0.25) is 4.79 Å². The van der Waals surface area contributed by atoms with Crippen molar-refractivity contribution in [3.05, 3.63) is 0 Å². The molecule has 0 heterocycles. The molecule has 0 aromatic carbocycles. The molecule has 1 saturated carbocycles. The van der Waals surface area contributed by atoms with E-state index in [9.17, 15) is 4.79 Å². The number of aliphatic carboxylic acids is 1. The first-order valence-electron chi connectivity index (χ1n) is 5.44. The highest BCUT2D eigenvalue weighted by molar-refractivity contribution is 5.68. The fourth-order valence-electron chi connectivity index (χ4n) is 2.36. The molecule has 1 fully saturated rings. The average Bonchev–Trinajstić information content (AvgIpc) is 2.02. The van der Waals surface area contributed by atoms with E-state index < -0.39 is 11.5 Å². The molecule has 0 bridgehead atoms. The molecule has 0 aromatic heterocycles. The fourth-order valence-corrected chi connectivity index (χ4v) is 2.36. The predicted octanol–water partition coefficient (Wildman–Crippen LogP) is 2.00. The Kier molecular flexibility index (Phi) is 3.53. The van der Waals surface area contributed by atoms with Crippen LogP contribution in [0.3, 0.4) is 0 Å². The molecule has 0 saturated heterocycles. The Morgan fingerprint density at radius 2 is 2.00 bits per heavy atom. The van der Waals surface area contributed by atoms with Gasteiger partial charge in [0.25, 0.3) is 0 Å². The van der Waals surface area contributed by atoms with Crippen molar-refractivity contribution in [3.63, 3.8) is 0 Å². The third-order valence-corrected chi connectivity index (χ3v) is 3.47. The fraction of sp³-hybridized carbons (Fsp3) is 0.909. The summed E-state index contributed by atoms with van der Waals surface area (Å²) in [4.78, 5) is 10.6. The van der Waals surface area contributed by atoms with E-state index >= 15 is 0 Å². The van der Waals surface area contributed by atoms with Crippen molar-refractivity contribution < 1.29 is 9.90 Å². The van der Waals surface area contributed by atoms with Gasteiger partial charge in [-0.15, -0.1) is 0 Å². The second-order valence-corrected chi connectivity index (χ2v) is 5.01. The highest BCUT2D eigenvalue weighted by Crippen LogP contribution is 2.35. The lowest BCUT2D eigenvalue weighted by molar-refractivity contribution is -0.138. The number of hydrogen-bond acceptors (Lipinski definition) is 2. The summed E-state index contributed by atoms with van der Waals surface area (Å²) in [6, 6.07) is 0. The van der Waals surface area contributed by atoms with E-state index in [0.29, 0.717) is 5.92 Å². The summed E-state index contributed by atoms with van der Waals surface area (Å²) in [6.07, 6.45) is 4.02. The normalized spacial score (nSPS) is 33.3. The summed E-state index contributed by atoms with van der Waals surface area (Å²) in [5.41, 5.74) is 5.61. The Balaban J connectivity index is 2.44. The first-order valence-corrected chi connectivity index (χ1v) is 5.44. The topological polar surface area (TPSA) is 63.3 Å². The Bertz CT molecular complexity index is 205. The first-order chi connectivity index (χ1) is 6.43. The van der Waals surface area contributed by atoms with Crippen LogP contribution < -0.4 is 5.73 Å². The quantitative estimate of drug-likeness (QED) is 0.730. The molecule has 0 amide bonds. The van der Waals surface area contributed by atoms with Crippen LogP contribution in [0.15, 0.2) is 0 Å². The summed E-state index contributed by atoms with van der Waals surface area (Å²) in [5.74, 6) is 0.667. The van der Waals surface area contributed by atoms with Gasteiger partial charge < -0.3 is 10.8 Å². The minimum absolute atomic E-state index is 0.123. The van der Waals surface area contributed by atoms with Gasteiger partial charge in [-0.05, 0) is 37.5 Å². The Labute approximate surface area is 85.7 Å². The van der Waals surface area contributed by atoms with Crippen LogP contribution in [-0.4, -0.2) is 16.6 Å². The first kappa shape index (κ1) is 11.5. The number of nitrogens with two attached hydrogens (primary N) is 1. The Morgan fingerprint density at radius 3 is 2.36 bits per heavy atom. The van der Waals surface area contributed by atoms with E-state index in [1.165, 1.54) is 0 Å². The molecule has 1 aliphatic rings. The maximum Gasteiger partial charge on any atom is 0.305 e. The lowest BCUT2D eigenvalue weighted by Crippen LogP contribution is -2.45. The average molecular weight is 199 g/mol. The van der Waals surface area contributed by atoms with Crippen molar-refractivity contribution in [2.24, 2.45) is 17.6 Å². The van der Waals surface area contributed by atoms with Crippen LogP contribution in [0.5, 0.6) is 0 Å². The van der Waals surface area contributed by atoms with Crippen molar-refractivity contribution in [3.8, 4) is 0 Å². The molecule has 0 aliphatic heterocycles. The second kappa shape index (κ2) is 4.30. The minimum atomic E-state index is -0.768. The number of carbonyl (C=O) groups is 1. The maximum absolute atomic E-state index is 10.6. The molecule has 0 unspecified atom stereocenters.